The van der Waals surface area contributed by atoms with E-state index in [1.807, 2.05) is 0 Å². The summed E-state index contributed by atoms with van der Waals surface area (Å²) in [5, 5.41) is 21.4. The largest absolute Gasteiger partial charge is 0.393 e. The van der Waals surface area contributed by atoms with Crippen LogP contribution in [0.2, 0.25) is 0 Å². The average Bonchev–Trinajstić information content (AvgIpc) is 3.00. The van der Waals surface area contributed by atoms with Crippen LogP contribution < -0.4 is 0 Å². The molecule has 0 aromatic carbocycles. The van der Waals surface area contributed by atoms with Crippen molar-refractivity contribution in [3.8, 4) is 0 Å². The Bertz CT molecular complexity index is 614. The molecule has 4 aliphatic carbocycles. The van der Waals surface area contributed by atoms with Crippen LogP contribution in [0.15, 0.2) is 12.2 Å². The first-order valence-corrected chi connectivity index (χ1v) is 12.7. The van der Waals surface area contributed by atoms with Gasteiger partial charge in [-0.2, -0.15) is 0 Å². The van der Waals surface area contributed by atoms with Gasteiger partial charge in [-0.15, -0.1) is 6.58 Å². The molecule has 0 aromatic heterocycles. The highest BCUT2D eigenvalue weighted by molar-refractivity contribution is 5.11. The van der Waals surface area contributed by atoms with Crippen molar-refractivity contribution in [1.82, 2.24) is 0 Å². The molecule has 2 nitrogen and oxygen atoms in total. The van der Waals surface area contributed by atoms with Gasteiger partial charge < -0.3 is 10.2 Å². The second-order valence-electron chi connectivity index (χ2n) is 12.3. The van der Waals surface area contributed by atoms with Crippen LogP contribution in [0.25, 0.3) is 0 Å². The van der Waals surface area contributed by atoms with Crippen molar-refractivity contribution in [3.63, 3.8) is 0 Å². The Hall–Kier alpha value is -0.340. The Morgan fingerprint density at radius 1 is 1.03 bits per heavy atom. The summed E-state index contributed by atoms with van der Waals surface area (Å²) in [6, 6.07) is 0. The Morgan fingerprint density at radius 3 is 2.45 bits per heavy atom. The Balaban J connectivity index is 1.51. The first-order chi connectivity index (χ1) is 13.7. The lowest BCUT2D eigenvalue weighted by molar-refractivity contribution is -0.153. The summed E-state index contributed by atoms with van der Waals surface area (Å²) in [5.74, 6) is 4.44. The molecule has 0 bridgehead atoms. The van der Waals surface area contributed by atoms with Gasteiger partial charge in [-0.1, -0.05) is 26.3 Å². The van der Waals surface area contributed by atoms with Gasteiger partial charge in [0.2, 0.25) is 0 Å². The van der Waals surface area contributed by atoms with Gasteiger partial charge >= 0.3 is 0 Å². The lowest BCUT2D eigenvalue weighted by Gasteiger charge is -2.63. The highest BCUT2D eigenvalue weighted by atomic mass is 16.3. The van der Waals surface area contributed by atoms with Gasteiger partial charge in [0, 0.05) is 0 Å². The zero-order valence-electron chi connectivity index (χ0n) is 19.5. The second kappa shape index (κ2) is 7.97. The van der Waals surface area contributed by atoms with E-state index in [2.05, 4.69) is 34.3 Å². The smallest absolute Gasteiger partial charge is 0.0573 e. The minimum absolute atomic E-state index is 0.0594. The number of hydrogen-bond acceptors (Lipinski definition) is 2. The number of allylic oxidation sites excluding steroid dienone is 1. The molecular formula is C27H46O2. The highest BCUT2D eigenvalue weighted by Gasteiger charge is 2.62. The second-order valence-corrected chi connectivity index (χ2v) is 12.3. The van der Waals surface area contributed by atoms with Crippen LogP contribution in [0.5, 0.6) is 0 Å². The van der Waals surface area contributed by atoms with Crippen LogP contribution in [-0.2, 0) is 0 Å². The van der Waals surface area contributed by atoms with Gasteiger partial charge in [0.25, 0.3) is 0 Å². The molecule has 4 rings (SSSR count). The summed E-state index contributed by atoms with van der Waals surface area (Å²) in [4.78, 5) is 0. The van der Waals surface area contributed by atoms with E-state index >= 15 is 0 Å². The molecule has 0 spiro atoms. The van der Waals surface area contributed by atoms with Crippen LogP contribution in [0.4, 0.5) is 0 Å². The van der Waals surface area contributed by atoms with E-state index in [4.69, 9.17) is 0 Å². The number of aliphatic hydroxyl groups excluding tert-OH is 2. The molecule has 0 aromatic rings. The molecule has 0 saturated heterocycles. The maximum absolute atomic E-state index is 11.1. The maximum atomic E-state index is 11.1. The van der Waals surface area contributed by atoms with Crippen molar-refractivity contribution >= 4 is 0 Å². The number of aliphatic hydroxyl groups is 2. The van der Waals surface area contributed by atoms with Crippen LogP contribution in [0, 0.1) is 46.3 Å². The minimum Gasteiger partial charge on any atom is -0.393 e. The molecule has 2 N–H and O–H groups in total. The van der Waals surface area contributed by atoms with E-state index < -0.39 is 0 Å². The third kappa shape index (κ3) is 3.65. The standard InChI is InChI=1S/C27H46O2/c1-17(2)7-6-8-24(29)21-9-10-22-25-18(3)15-19-16-20(28)11-13-26(19,4)23(25)12-14-27(21,22)5/h18-25,28-29H,1,6-16H2,2-5H3. The van der Waals surface area contributed by atoms with Crippen LogP contribution in [0.1, 0.15) is 98.3 Å². The predicted molar refractivity (Wildman–Crippen MR) is 120 cm³/mol. The van der Waals surface area contributed by atoms with Crippen molar-refractivity contribution in [3.05, 3.63) is 12.2 Å². The molecule has 0 aliphatic heterocycles. The van der Waals surface area contributed by atoms with E-state index in [1.165, 1.54) is 44.1 Å². The SMILES string of the molecule is C=C(C)CCCC(O)C1CCC2C3C(C)CC4CC(O)CCC4(C)C3CCC12C. The first-order valence-electron chi connectivity index (χ1n) is 12.7. The maximum Gasteiger partial charge on any atom is 0.0573 e. The summed E-state index contributed by atoms with van der Waals surface area (Å²) < 4.78 is 0. The highest BCUT2D eigenvalue weighted by Crippen LogP contribution is 2.69. The fourth-order valence-electron chi connectivity index (χ4n) is 9.10. The van der Waals surface area contributed by atoms with Gasteiger partial charge in [0.05, 0.1) is 12.2 Å². The summed E-state index contributed by atoms with van der Waals surface area (Å²) >= 11 is 0. The fraction of sp³-hybridized carbons (Fsp3) is 0.926. The van der Waals surface area contributed by atoms with E-state index in [0.717, 1.165) is 61.7 Å². The monoisotopic (exact) mass is 402 g/mol. The normalized spacial score (nSPS) is 50.3. The molecular weight excluding hydrogens is 356 g/mol. The Morgan fingerprint density at radius 2 is 1.72 bits per heavy atom. The van der Waals surface area contributed by atoms with Crippen LogP contribution in [0.3, 0.4) is 0 Å². The van der Waals surface area contributed by atoms with Crippen molar-refractivity contribution in [2.24, 2.45) is 46.3 Å². The molecule has 4 aliphatic rings. The molecule has 4 fully saturated rings. The molecule has 10 unspecified atom stereocenters. The third-order valence-electron chi connectivity index (χ3n) is 10.6. The minimum atomic E-state index is -0.132. The molecule has 0 amide bonds. The zero-order chi connectivity index (χ0) is 21.0. The van der Waals surface area contributed by atoms with E-state index in [9.17, 15) is 10.2 Å². The zero-order valence-corrected chi connectivity index (χ0v) is 19.5. The third-order valence-corrected chi connectivity index (χ3v) is 10.6. The van der Waals surface area contributed by atoms with Gasteiger partial charge in [-0.05, 0) is 124 Å². The molecule has 10 atom stereocenters. The topological polar surface area (TPSA) is 40.5 Å². The summed E-state index contributed by atoms with van der Waals surface area (Å²) in [7, 11) is 0. The molecule has 0 radical (unpaired) electrons. The fourth-order valence-corrected chi connectivity index (χ4v) is 9.10. The quantitative estimate of drug-likeness (QED) is 0.525. The molecule has 166 valence electrons. The van der Waals surface area contributed by atoms with Crippen molar-refractivity contribution < 1.29 is 10.2 Å². The van der Waals surface area contributed by atoms with Gasteiger partial charge in [-0.25, -0.2) is 0 Å². The van der Waals surface area contributed by atoms with E-state index in [-0.39, 0.29) is 12.2 Å². The Kier molecular flexibility index (Phi) is 6.01. The van der Waals surface area contributed by atoms with Crippen molar-refractivity contribution in [2.75, 3.05) is 0 Å². The Labute approximate surface area is 179 Å². The average molecular weight is 403 g/mol. The molecule has 29 heavy (non-hydrogen) atoms. The van der Waals surface area contributed by atoms with Crippen molar-refractivity contribution in [2.45, 2.75) is 111 Å². The number of rotatable bonds is 5. The van der Waals surface area contributed by atoms with Gasteiger partial charge in [-0.3, -0.25) is 0 Å². The molecule has 2 heteroatoms. The lowest BCUT2D eigenvalue weighted by Crippen LogP contribution is -2.56. The van der Waals surface area contributed by atoms with Crippen molar-refractivity contribution in [1.29, 1.82) is 0 Å². The van der Waals surface area contributed by atoms with Crippen LogP contribution >= 0.6 is 0 Å². The number of hydrogen-bond donors (Lipinski definition) is 2. The first kappa shape index (κ1) is 21.9. The van der Waals surface area contributed by atoms with E-state index in [1.54, 1.807) is 0 Å². The summed E-state index contributed by atoms with van der Waals surface area (Å²) in [5.41, 5.74) is 2.01. The van der Waals surface area contributed by atoms with Crippen LogP contribution in [-0.4, -0.2) is 22.4 Å². The summed E-state index contributed by atoms with van der Waals surface area (Å²) in [6.45, 7) is 13.8. The van der Waals surface area contributed by atoms with Gasteiger partial charge in [0.1, 0.15) is 0 Å². The molecule has 0 heterocycles. The lowest BCUT2D eigenvalue weighted by atomic mass is 9.42. The molecule has 4 saturated carbocycles. The van der Waals surface area contributed by atoms with Gasteiger partial charge in [0.15, 0.2) is 0 Å². The van der Waals surface area contributed by atoms with E-state index in [0.29, 0.717) is 16.7 Å². The predicted octanol–water partition coefficient (Wildman–Crippen LogP) is 6.36. The summed E-state index contributed by atoms with van der Waals surface area (Å²) in [6.07, 6.45) is 12.7. The number of fused-ring (bicyclic) bond motifs is 5.